The second-order valence-corrected chi connectivity index (χ2v) is 5.49. The SMILES string of the molecule is BrCCCCCSn1cnc2ccccc21. The molecule has 4 heteroatoms. The fourth-order valence-electron chi connectivity index (χ4n) is 1.58. The predicted molar refractivity (Wildman–Crippen MR) is 75.2 cm³/mol. The molecule has 0 fully saturated rings. The van der Waals surface area contributed by atoms with Crippen LogP contribution in [0.15, 0.2) is 30.6 Å². The number of fused-ring (bicyclic) bond motifs is 1. The van der Waals surface area contributed by atoms with E-state index < -0.39 is 0 Å². The normalized spacial score (nSPS) is 11.1. The number of unbranched alkanes of at least 4 members (excludes halogenated alkanes) is 2. The highest BCUT2D eigenvalue weighted by Gasteiger charge is 2.01. The zero-order chi connectivity index (χ0) is 11.2. The van der Waals surface area contributed by atoms with Crippen LogP contribution in [0.4, 0.5) is 0 Å². The van der Waals surface area contributed by atoms with Gasteiger partial charge in [-0.15, -0.1) is 0 Å². The quantitative estimate of drug-likeness (QED) is 0.590. The van der Waals surface area contributed by atoms with Crippen LogP contribution in [0.2, 0.25) is 0 Å². The van der Waals surface area contributed by atoms with Gasteiger partial charge < -0.3 is 0 Å². The standard InChI is InChI=1S/C12H15BrN2S/c13-8-4-1-5-9-16-15-10-14-11-6-2-3-7-12(11)15/h2-3,6-7,10H,1,4-5,8-9H2. The molecule has 1 heterocycles. The van der Waals surface area contributed by atoms with Crippen molar-refractivity contribution >= 4 is 38.9 Å². The lowest BCUT2D eigenvalue weighted by atomic mass is 10.3. The number of hydrogen-bond acceptors (Lipinski definition) is 2. The number of benzene rings is 1. The van der Waals surface area contributed by atoms with Crippen molar-refractivity contribution in [2.75, 3.05) is 11.1 Å². The number of halogens is 1. The van der Waals surface area contributed by atoms with Crippen LogP contribution in [0.1, 0.15) is 19.3 Å². The van der Waals surface area contributed by atoms with Gasteiger partial charge in [0.15, 0.2) is 0 Å². The van der Waals surface area contributed by atoms with Gasteiger partial charge in [0.25, 0.3) is 0 Å². The maximum atomic E-state index is 4.37. The Hall–Kier alpha value is -0.480. The summed E-state index contributed by atoms with van der Waals surface area (Å²) in [7, 11) is 0. The van der Waals surface area contributed by atoms with Gasteiger partial charge in [-0.05, 0) is 36.9 Å². The van der Waals surface area contributed by atoms with Crippen molar-refractivity contribution in [3.63, 3.8) is 0 Å². The summed E-state index contributed by atoms with van der Waals surface area (Å²) in [5.41, 5.74) is 2.29. The summed E-state index contributed by atoms with van der Waals surface area (Å²) in [5.74, 6) is 1.16. The lowest BCUT2D eigenvalue weighted by Crippen LogP contribution is -1.88. The van der Waals surface area contributed by atoms with E-state index in [1.54, 1.807) is 0 Å². The van der Waals surface area contributed by atoms with Gasteiger partial charge in [0.2, 0.25) is 0 Å². The summed E-state index contributed by atoms with van der Waals surface area (Å²) in [6.07, 6.45) is 5.75. The molecule has 0 saturated carbocycles. The molecule has 1 aromatic heterocycles. The topological polar surface area (TPSA) is 17.8 Å². The van der Waals surface area contributed by atoms with Crippen LogP contribution in [-0.2, 0) is 0 Å². The molecule has 16 heavy (non-hydrogen) atoms. The Morgan fingerprint density at radius 3 is 2.94 bits per heavy atom. The molecule has 0 saturated heterocycles. The Morgan fingerprint density at radius 1 is 1.19 bits per heavy atom. The van der Waals surface area contributed by atoms with Gasteiger partial charge in [-0.2, -0.15) is 0 Å². The minimum absolute atomic E-state index is 1.08. The molecular weight excluding hydrogens is 284 g/mol. The van der Waals surface area contributed by atoms with E-state index in [1.807, 2.05) is 24.3 Å². The molecule has 0 aliphatic heterocycles. The van der Waals surface area contributed by atoms with Crippen LogP contribution in [0.3, 0.4) is 0 Å². The molecule has 0 radical (unpaired) electrons. The highest BCUT2D eigenvalue weighted by atomic mass is 79.9. The zero-order valence-electron chi connectivity index (χ0n) is 9.10. The molecule has 2 rings (SSSR count). The van der Waals surface area contributed by atoms with Crippen molar-refractivity contribution in [2.45, 2.75) is 19.3 Å². The van der Waals surface area contributed by atoms with Crippen molar-refractivity contribution in [3.05, 3.63) is 30.6 Å². The third kappa shape index (κ3) is 3.01. The Morgan fingerprint density at radius 2 is 2.06 bits per heavy atom. The fraction of sp³-hybridized carbons (Fsp3) is 0.417. The molecule has 86 valence electrons. The van der Waals surface area contributed by atoms with Crippen molar-refractivity contribution in [1.82, 2.24) is 8.96 Å². The average Bonchev–Trinajstić information content (AvgIpc) is 2.73. The molecule has 2 nitrogen and oxygen atoms in total. The molecule has 0 atom stereocenters. The van der Waals surface area contributed by atoms with Gasteiger partial charge >= 0.3 is 0 Å². The zero-order valence-corrected chi connectivity index (χ0v) is 11.5. The summed E-state index contributed by atoms with van der Waals surface area (Å²) < 4.78 is 2.17. The van der Waals surface area contributed by atoms with Crippen LogP contribution in [0.25, 0.3) is 11.0 Å². The van der Waals surface area contributed by atoms with E-state index in [0.717, 1.165) is 16.6 Å². The maximum absolute atomic E-state index is 4.37. The lowest BCUT2D eigenvalue weighted by Gasteiger charge is -2.02. The molecule has 1 aromatic carbocycles. The van der Waals surface area contributed by atoms with E-state index in [2.05, 4.69) is 43.1 Å². The first kappa shape index (κ1) is 12.0. The average molecular weight is 299 g/mol. The van der Waals surface area contributed by atoms with Crippen LogP contribution < -0.4 is 0 Å². The number of alkyl halides is 1. The highest BCUT2D eigenvalue weighted by molar-refractivity contribution is 9.09. The van der Waals surface area contributed by atoms with Gasteiger partial charge in [0, 0.05) is 11.1 Å². The molecule has 2 aromatic rings. The number of hydrogen-bond donors (Lipinski definition) is 0. The van der Waals surface area contributed by atoms with Crippen molar-refractivity contribution < 1.29 is 0 Å². The minimum atomic E-state index is 1.08. The number of para-hydroxylation sites is 2. The summed E-state index contributed by atoms with van der Waals surface area (Å²) in [6, 6.07) is 8.26. The van der Waals surface area contributed by atoms with E-state index >= 15 is 0 Å². The van der Waals surface area contributed by atoms with Crippen LogP contribution in [0.5, 0.6) is 0 Å². The fourth-order valence-corrected chi connectivity index (χ4v) is 2.91. The van der Waals surface area contributed by atoms with Crippen LogP contribution in [-0.4, -0.2) is 20.0 Å². The molecular formula is C12H15BrN2S. The highest BCUT2D eigenvalue weighted by Crippen LogP contribution is 2.19. The molecule has 0 N–H and O–H groups in total. The van der Waals surface area contributed by atoms with E-state index in [-0.39, 0.29) is 0 Å². The number of nitrogens with zero attached hydrogens (tertiary/aromatic N) is 2. The van der Waals surface area contributed by atoms with Crippen molar-refractivity contribution in [3.8, 4) is 0 Å². The van der Waals surface area contributed by atoms with Crippen molar-refractivity contribution in [1.29, 1.82) is 0 Å². The monoisotopic (exact) mass is 298 g/mol. The van der Waals surface area contributed by atoms with E-state index in [0.29, 0.717) is 0 Å². The van der Waals surface area contributed by atoms with Crippen LogP contribution in [0, 0.1) is 0 Å². The second-order valence-electron chi connectivity index (χ2n) is 3.64. The third-order valence-electron chi connectivity index (χ3n) is 2.43. The van der Waals surface area contributed by atoms with Gasteiger partial charge in [-0.25, -0.2) is 4.98 Å². The van der Waals surface area contributed by atoms with Gasteiger partial charge in [0.1, 0.15) is 6.33 Å². The third-order valence-corrected chi connectivity index (χ3v) is 4.03. The van der Waals surface area contributed by atoms with Gasteiger partial charge in [0.05, 0.1) is 11.0 Å². The van der Waals surface area contributed by atoms with E-state index in [4.69, 9.17) is 0 Å². The first-order chi connectivity index (χ1) is 7.92. The number of aromatic nitrogens is 2. The number of rotatable bonds is 6. The van der Waals surface area contributed by atoms with Crippen molar-refractivity contribution in [2.24, 2.45) is 0 Å². The van der Waals surface area contributed by atoms with E-state index in [9.17, 15) is 0 Å². The molecule has 0 spiro atoms. The number of imidazole rings is 1. The largest absolute Gasteiger partial charge is 0.272 e. The molecule has 0 unspecified atom stereocenters. The summed E-state index contributed by atoms with van der Waals surface area (Å²) >= 11 is 5.30. The Balaban J connectivity index is 1.89. The molecule has 0 aliphatic carbocycles. The molecule has 0 amide bonds. The smallest absolute Gasteiger partial charge is 0.106 e. The predicted octanol–water partition coefficient (Wildman–Crippen LogP) is 4.10. The minimum Gasteiger partial charge on any atom is -0.272 e. The molecule has 0 bridgehead atoms. The Kier molecular flexibility index (Phi) is 4.72. The summed E-state index contributed by atoms with van der Waals surface area (Å²) in [5, 5.41) is 1.12. The van der Waals surface area contributed by atoms with Crippen LogP contribution >= 0.6 is 27.9 Å². The Bertz CT molecular complexity index is 441. The van der Waals surface area contributed by atoms with Gasteiger partial charge in [-0.1, -0.05) is 34.5 Å². The first-order valence-electron chi connectivity index (χ1n) is 5.53. The van der Waals surface area contributed by atoms with Gasteiger partial charge in [-0.3, -0.25) is 3.97 Å². The van der Waals surface area contributed by atoms with E-state index in [1.165, 1.54) is 24.8 Å². The molecule has 0 aliphatic rings. The maximum Gasteiger partial charge on any atom is 0.106 e. The summed E-state index contributed by atoms with van der Waals surface area (Å²) in [4.78, 5) is 4.37. The summed E-state index contributed by atoms with van der Waals surface area (Å²) in [6.45, 7) is 0. The second kappa shape index (κ2) is 6.30. The Labute approximate surface area is 109 Å². The first-order valence-corrected chi connectivity index (χ1v) is 7.59. The lowest BCUT2D eigenvalue weighted by molar-refractivity contribution is 0.788.